The molecule has 2 aliphatic rings. The van der Waals surface area contributed by atoms with E-state index in [0.29, 0.717) is 13.1 Å². The first kappa shape index (κ1) is 20.9. The van der Waals surface area contributed by atoms with Gasteiger partial charge in [-0.05, 0) is 60.4 Å². The molecule has 2 heterocycles. The van der Waals surface area contributed by atoms with Crippen LogP contribution in [0.5, 0.6) is 5.75 Å². The Morgan fingerprint density at radius 2 is 2.03 bits per heavy atom. The number of β-amino-alcohol motifs (C(OH)–C–C–N with tert-alkyl or cyclic N) is 1. The van der Waals surface area contributed by atoms with E-state index in [9.17, 15) is 9.50 Å². The quantitative estimate of drug-likeness (QED) is 0.834. The normalized spacial score (nSPS) is 15.6. The number of ether oxygens (including phenoxy) is 2. The van der Waals surface area contributed by atoms with E-state index in [1.54, 1.807) is 26.2 Å². The molecule has 29 heavy (non-hydrogen) atoms. The van der Waals surface area contributed by atoms with Crippen LogP contribution in [0.3, 0.4) is 0 Å². The van der Waals surface area contributed by atoms with Crippen molar-refractivity contribution >= 4 is 18.2 Å². The first-order valence-corrected chi connectivity index (χ1v) is 9.70. The summed E-state index contributed by atoms with van der Waals surface area (Å²) in [7, 11) is 1.66. The van der Waals surface area contributed by atoms with Gasteiger partial charge in [0.1, 0.15) is 18.2 Å². The van der Waals surface area contributed by atoms with Crippen molar-refractivity contribution < 1.29 is 19.0 Å². The summed E-state index contributed by atoms with van der Waals surface area (Å²) in [4.78, 5) is 5.78. The lowest BCUT2D eigenvalue weighted by atomic mass is 9.97. The van der Waals surface area contributed by atoms with Gasteiger partial charge in [-0.25, -0.2) is 4.39 Å². The van der Waals surface area contributed by atoms with Crippen LogP contribution in [-0.2, 0) is 11.2 Å². The second kappa shape index (κ2) is 10.1. The lowest BCUT2D eigenvalue weighted by Gasteiger charge is -2.32. The van der Waals surface area contributed by atoms with Gasteiger partial charge in [-0.2, -0.15) is 0 Å². The Labute approximate surface area is 171 Å². The number of hydrogen-bond acceptors (Lipinski definition) is 5. The van der Waals surface area contributed by atoms with Crippen LogP contribution in [0.15, 0.2) is 53.0 Å². The highest BCUT2D eigenvalue weighted by Crippen LogP contribution is 2.31. The Hall–Kier alpha value is -2.86. The standard InChI is InChI=1S/C20H22FNO2.C3H5NO/c1-14(23)12-22-13-16(9-15-3-7-19(24-2)8-4-15)10-17-5-6-18(21)11-20(17)22;1-2-5-3-4-1/h3-8,10-11,14,23H,9,12-13H2,1-2H3;3H,1-2H2. The van der Waals surface area contributed by atoms with Gasteiger partial charge in [-0.1, -0.05) is 18.2 Å². The van der Waals surface area contributed by atoms with Crippen LogP contribution in [0, 0.1) is 5.82 Å². The van der Waals surface area contributed by atoms with E-state index >= 15 is 0 Å². The van der Waals surface area contributed by atoms with Crippen LogP contribution in [0.2, 0.25) is 0 Å². The van der Waals surface area contributed by atoms with Crippen LogP contribution in [0.1, 0.15) is 18.1 Å². The van der Waals surface area contributed by atoms with Gasteiger partial charge >= 0.3 is 0 Å². The molecule has 2 aromatic rings. The van der Waals surface area contributed by atoms with Crippen LogP contribution in [0.4, 0.5) is 10.1 Å². The zero-order chi connectivity index (χ0) is 20.6. The van der Waals surface area contributed by atoms with Gasteiger partial charge in [0.2, 0.25) is 0 Å². The summed E-state index contributed by atoms with van der Waals surface area (Å²) in [5.74, 6) is 0.587. The zero-order valence-corrected chi connectivity index (χ0v) is 16.8. The maximum Gasteiger partial charge on any atom is 0.169 e. The average Bonchev–Trinajstić information content (AvgIpc) is 3.29. The van der Waals surface area contributed by atoms with E-state index in [1.807, 2.05) is 17.0 Å². The maximum atomic E-state index is 13.6. The minimum Gasteiger partial charge on any atom is -0.497 e. The van der Waals surface area contributed by atoms with Crippen molar-refractivity contribution in [3.63, 3.8) is 0 Å². The third-order valence-electron chi connectivity index (χ3n) is 4.65. The van der Waals surface area contributed by atoms with Crippen LogP contribution in [-0.4, -0.2) is 51.0 Å². The predicted octanol–water partition coefficient (Wildman–Crippen LogP) is 3.71. The lowest BCUT2D eigenvalue weighted by Crippen LogP contribution is -2.35. The second-order valence-corrected chi connectivity index (χ2v) is 7.14. The average molecular weight is 398 g/mol. The topological polar surface area (TPSA) is 54.3 Å². The minimum atomic E-state index is -0.471. The summed E-state index contributed by atoms with van der Waals surface area (Å²) in [5, 5.41) is 9.76. The van der Waals surface area contributed by atoms with Gasteiger partial charge in [0.25, 0.3) is 0 Å². The molecule has 1 unspecified atom stereocenters. The number of aliphatic hydroxyl groups is 1. The molecule has 0 aliphatic carbocycles. The number of methoxy groups -OCH3 is 1. The Balaban J connectivity index is 0.000000419. The molecule has 6 heteroatoms. The third-order valence-corrected chi connectivity index (χ3v) is 4.65. The number of rotatable bonds is 5. The van der Waals surface area contributed by atoms with Crippen molar-refractivity contribution in [1.82, 2.24) is 0 Å². The summed E-state index contributed by atoms with van der Waals surface area (Å²) in [5.41, 5.74) is 4.27. The highest BCUT2D eigenvalue weighted by Gasteiger charge is 2.20. The van der Waals surface area contributed by atoms with E-state index in [0.717, 1.165) is 36.6 Å². The summed E-state index contributed by atoms with van der Waals surface area (Å²) < 4.78 is 23.4. The number of fused-ring (bicyclic) bond motifs is 1. The molecule has 0 aromatic heterocycles. The zero-order valence-electron chi connectivity index (χ0n) is 16.8. The first-order chi connectivity index (χ1) is 14.0. The molecule has 1 atom stereocenters. The molecular weight excluding hydrogens is 371 g/mol. The molecule has 0 spiro atoms. The highest BCUT2D eigenvalue weighted by molar-refractivity contribution is 5.73. The van der Waals surface area contributed by atoms with Crippen molar-refractivity contribution in [3.8, 4) is 5.75 Å². The summed E-state index contributed by atoms with van der Waals surface area (Å²) in [6.45, 7) is 4.55. The van der Waals surface area contributed by atoms with Crippen molar-refractivity contribution in [2.75, 3.05) is 38.3 Å². The molecule has 0 saturated heterocycles. The van der Waals surface area contributed by atoms with Crippen molar-refractivity contribution in [2.24, 2.45) is 4.99 Å². The fourth-order valence-corrected chi connectivity index (χ4v) is 3.37. The Bertz CT molecular complexity index is 857. The minimum absolute atomic E-state index is 0.253. The number of nitrogens with zero attached hydrogens (tertiary/aromatic N) is 2. The van der Waals surface area contributed by atoms with Crippen LogP contribution < -0.4 is 9.64 Å². The molecule has 0 saturated carbocycles. The Morgan fingerprint density at radius 3 is 2.62 bits per heavy atom. The van der Waals surface area contributed by atoms with E-state index < -0.39 is 6.10 Å². The number of benzene rings is 2. The highest BCUT2D eigenvalue weighted by atomic mass is 19.1. The SMILES string of the molecule is C1=NCCO1.COc1ccc(CC2=Cc3ccc(F)cc3N(CC(C)O)C2)cc1. The van der Waals surface area contributed by atoms with Gasteiger partial charge < -0.3 is 19.5 Å². The lowest BCUT2D eigenvalue weighted by molar-refractivity contribution is 0.200. The molecular formula is C23H27FN2O3. The number of halogens is 1. The van der Waals surface area contributed by atoms with Crippen molar-refractivity contribution in [2.45, 2.75) is 19.4 Å². The molecule has 0 radical (unpaired) electrons. The summed E-state index contributed by atoms with van der Waals surface area (Å²) in [6, 6.07) is 12.8. The van der Waals surface area contributed by atoms with Crippen molar-refractivity contribution in [1.29, 1.82) is 0 Å². The predicted molar refractivity (Wildman–Crippen MR) is 114 cm³/mol. The molecule has 0 fully saturated rings. The molecule has 154 valence electrons. The fraction of sp³-hybridized carbons (Fsp3) is 0.348. The van der Waals surface area contributed by atoms with Gasteiger partial charge in [0.05, 0.1) is 19.8 Å². The molecule has 2 aliphatic heterocycles. The van der Waals surface area contributed by atoms with Gasteiger partial charge in [-0.15, -0.1) is 0 Å². The molecule has 2 aromatic carbocycles. The molecule has 5 nitrogen and oxygen atoms in total. The Kier molecular flexibility index (Phi) is 7.25. The molecule has 0 bridgehead atoms. The largest absolute Gasteiger partial charge is 0.497 e. The molecule has 0 amide bonds. The number of hydrogen-bond donors (Lipinski definition) is 1. The van der Waals surface area contributed by atoms with Crippen LogP contribution >= 0.6 is 0 Å². The maximum absolute atomic E-state index is 13.6. The van der Waals surface area contributed by atoms with Gasteiger partial charge in [-0.3, -0.25) is 4.99 Å². The smallest absolute Gasteiger partial charge is 0.169 e. The van der Waals surface area contributed by atoms with Crippen molar-refractivity contribution in [3.05, 3.63) is 65.0 Å². The van der Waals surface area contributed by atoms with E-state index in [4.69, 9.17) is 4.74 Å². The third kappa shape index (κ3) is 6.06. The summed E-state index contributed by atoms with van der Waals surface area (Å²) >= 11 is 0. The van der Waals surface area contributed by atoms with Gasteiger partial charge in [0.15, 0.2) is 6.40 Å². The number of aliphatic hydroxyl groups excluding tert-OH is 1. The van der Waals surface area contributed by atoms with E-state index in [2.05, 4.69) is 27.9 Å². The number of aliphatic imine (C=N–C) groups is 1. The van der Waals surface area contributed by atoms with E-state index in [-0.39, 0.29) is 5.82 Å². The molecule has 1 N–H and O–H groups in total. The van der Waals surface area contributed by atoms with E-state index in [1.165, 1.54) is 23.6 Å². The monoisotopic (exact) mass is 398 g/mol. The van der Waals surface area contributed by atoms with Crippen LogP contribution in [0.25, 0.3) is 6.08 Å². The molecule has 4 rings (SSSR count). The first-order valence-electron chi connectivity index (χ1n) is 9.70. The Morgan fingerprint density at radius 1 is 1.24 bits per heavy atom. The number of anilines is 1. The fourth-order valence-electron chi connectivity index (χ4n) is 3.37. The van der Waals surface area contributed by atoms with Gasteiger partial charge in [0, 0.05) is 18.8 Å². The summed E-state index contributed by atoms with van der Waals surface area (Å²) in [6.07, 6.45) is 3.95. The second-order valence-electron chi connectivity index (χ2n) is 7.14.